The van der Waals surface area contributed by atoms with Crippen molar-refractivity contribution in [3.8, 4) is 11.5 Å². The number of carbonyl (C=O) groups excluding carboxylic acids is 2. The molecule has 2 amide bonds. The van der Waals surface area contributed by atoms with Crippen LogP contribution in [-0.4, -0.2) is 35.2 Å². The molecule has 1 fully saturated rings. The molecule has 144 valence electrons. The Morgan fingerprint density at radius 1 is 1.14 bits per heavy atom. The average Bonchev–Trinajstić information content (AvgIpc) is 2.96. The van der Waals surface area contributed by atoms with E-state index < -0.39 is 16.1 Å². The third kappa shape index (κ3) is 3.99. The Balaban J connectivity index is 1.85. The fourth-order valence-corrected chi connectivity index (χ4v) is 3.50. The van der Waals surface area contributed by atoms with Crippen LogP contribution in [0.5, 0.6) is 11.5 Å². The first-order valence-electron chi connectivity index (χ1n) is 8.13. The van der Waals surface area contributed by atoms with Crippen molar-refractivity contribution in [1.29, 1.82) is 0 Å². The molecule has 0 atom stereocenters. The first kappa shape index (κ1) is 19.4. The lowest BCUT2D eigenvalue weighted by atomic mass is 10.1. The predicted octanol–water partition coefficient (Wildman–Crippen LogP) is 3.85. The lowest BCUT2D eigenvalue weighted by molar-refractivity contribution is -0.384. The normalized spacial score (nSPS) is 15.2. The quantitative estimate of drug-likeness (QED) is 0.412. The molecule has 8 nitrogen and oxygen atoms in total. The molecule has 0 bridgehead atoms. The molecule has 0 aromatic heterocycles. The Hall–Kier alpha value is -3.33. The lowest BCUT2D eigenvalue weighted by Crippen LogP contribution is -2.27. The fraction of sp³-hybridized carbons (Fsp3) is 0.158. The molecule has 0 spiro atoms. The van der Waals surface area contributed by atoms with Crippen LogP contribution in [0, 0.1) is 10.1 Å². The summed E-state index contributed by atoms with van der Waals surface area (Å²) in [5.41, 5.74) is 1.03. The minimum Gasteiger partial charge on any atom is -0.497 e. The number of ether oxygens (including phenoxy) is 2. The van der Waals surface area contributed by atoms with E-state index in [1.165, 1.54) is 32.4 Å². The van der Waals surface area contributed by atoms with Crippen LogP contribution >= 0.6 is 11.8 Å². The van der Waals surface area contributed by atoms with Crippen molar-refractivity contribution in [3.63, 3.8) is 0 Å². The highest BCUT2D eigenvalue weighted by molar-refractivity contribution is 8.18. The summed E-state index contributed by atoms with van der Waals surface area (Å²) in [6.45, 7) is -0.0383. The number of benzene rings is 2. The summed E-state index contributed by atoms with van der Waals surface area (Å²) in [4.78, 5) is 36.7. The summed E-state index contributed by atoms with van der Waals surface area (Å²) in [5.74, 6) is 0.650. The van der Waals surface area contributed by atoms with E-state index >= 15 is 0 Å². The standard InChI is InChI=1S/C19H16N2O6S/c1-26-15-7-6-13(16(10-15)27-2)9-17-18(22)20(19(23)28-17)11-12-4-3-5-14(8-12)21(24)25/h3-10H,11H2,1-2H3/b17-9-. The molecular weight excluding hydrogens is 384 g/mol. The van der Waals surface area contributed by atoms with Crippen molar-refractivity contribution in [2.75, 3.05) is 14.2 Å². The number of methoxy groups -OCH3 is 2. The number of imide groups is 1. The minimum absolute atomic E-state index is 0.0383. The predicted molar refractivity (Wildman–Crippen MR) is 104 cm³/mol. The maximum atomic E-state index is 12.7. The number of nitro benzene ring substituents is 1. The van der Waals surface area contributed by atoms with Gasteiger partial charge in [0.25, 0.3) is 16.8 Å². The Bertz CT molecular complexity index is 988. The first-order valence-corrected chi connectivity index (χ1v) is 8.95. The van der Waals surface area contributed by atoms with Crippen LogP contribution in [0.4, 0.5) is 10.5 Å². The molecule has 0 radical (unpaired) electrons. The van der Waals surface area contributed by atoms with Crippen molar-refractivity contribution in [3.05, 3.63) is 68.6 Å². The Labute approximate surface area is 164 Å². The summed E-state index contributed by atoms with van der Waals surface area (Å²) in [6, 6.07) is 11.0. The van der Waals surface area contributed by atoms with Crippen LogP contribution in [0.1, 0.15) is 11.1 Å². The highest BCUT2D eigenvalue weighted by Crippen LogP contribution is 2.36. The molecule has 0 saturated carbocycles. The zero-order valence-corrected chi connectivity index (χ0v) is 15.9. The van der Waals surface area contributed by atoms with Crippen molar-refractivity contribution in [2.45, 2.75) is 6.54 Å². The zero-order valence-electron chi connectivity index (χ0n) is 15.1. The van der Waals surface area contributed by atoms with Crippen molar-refractivity contribution >= 4 is 34.7 Å². The second kappa shape index (κ2) is 8.13. The molecule has 1 saturated heterocycles. The van der Waals surface area contributed by atoms with Gasteiger partial charge in [-0.15, -0.1) is 0 Å². The summed E-state index contributed by atoms with van der Waals surface area (Å²) in [6.07, 6.45) is 1.58. The number of hydrogen-bond acceptors (Lipinski definition) is 7. The molecule has 0 unspecified atom stereocenters. The van der Waals surface area contributed by atoms with Crippen LogP contribution in [0.2, 0.25) is 0 Å². The Kier molecular flexibility index (Phi) is 5.65. The first-order chi connectivity index (χ1) is 13.4. The third-order valence-corrected chi connectivity index (χ3v) is 4.97. The molecule has 2 aromatic rings. The van der Waals surface area contributed by atoms with E-state index in [0.29, 0.717) is 22.6 Å². The van der Waals surface area contributed by atoms with E-state index in [2.05, 4.69) is 0 Å². The highest BCUT2D eigenvalue weighted by atomic mass is 32.2. The number of thioether (sulfide) groups is 1. The van der Waals surface area contributed by atoms with Crippen LogP contribution in [0.15, 0.2) is 47.4 Å². The van der Waals surface area contributed by atoms with Crippen LogP contribution in [0.3, 0.4) is 0 Å². The Morgan fingerprint density at radius 2 is 1.93 bits per heavy atom. The molecule has 0 aliphatic carbocycles. The number of nitro groups is 1. The van der Waals surface area contributed by atoms with Gasteiger partial charge in [-0.2, -0.15) is 0 Å². The summed E-state index contributed by atoms with van der Waals surface area (Å²) >= 11 is 0.813. The largest absolute Gasteiger partial charge is 0.497 e. The van der Waals surface area contributed by atoms with Crippen molar-refractivity contribution in [2.24, 2.45) is 0 Å². The van der Waals surface area contributed by atoms with Gasteiger partial charge in [0.1, 0.15) is 11.5 Å². The smallest absolute Gasteiger partial charge is 0.293 e. The van der Waals surface area contributed by atoms with Crippen LogP contribution in [-0.2, 0) is 11.3 Å². The fourth-order valence-electron chi connectivity index (χ4n) is 2.67. The maximum Gasteiger partial charge on any atom is 0.293 e. The molecule has 28 heavy (non-hydrogen) atoms. The SMILES string of the molecule is COc1ccc(/C=C2\SC(=O)N(Cc3cccc([N+](=O)[O-])c3)C2=O)c(OC)c1. The monoisotopic (exact) mass is 400 g/mol. The van der Waals surface area contributed by atoms with Crippen molar-refractivity contribution in [1.82, 2.24) is 4.90 Å². The number of non-ortho nitro benzene ring substituents is 1. The summed E-state index contributed by atoms with van der Waals surface area (Å²) in [5, 5.41) is 10.5. The van der Waals surface area contributed by atoms with Gasteiger partial charge in [-0.1, -0.05) is 12.1 Å². The van der Waals surface area contributed by atoms with E-state index in [9.17, 15) is 19.7 Å². The van der Waals surface area contributed by atoms with Crippen LogP contribution in [0.25, 0.3) is 6.08 Å². The number of rotatable bonds is 6. The van der Waals surface area contributed by atoms with E-state index in [4.69, 9.17) is 9.47 Å². The van der Waals surface area contributed by atoms with Gasteiger partial charge < -0.3 is 9.47 Å². The maximum absolute atomic E-state index is 12.7. The van der Waals surface area contributed by atoms with E-state index in [-0.39, 0.29) is 17.1 Å². The average molecular weight is 400 g/mol. The van der Waals surface area contributed by atoms with E-state index in [1.807, 2.05) is 0 Å². The molecular formula is C19H16N2O6S. The zero-order chi connectivity index (χ0) is 20.3. The molecule has 0 N–H and O–H groups in total. The second-order valence-corrected chi connectivity index (χ2v) is 6.80. The molecule has 1 aliphatic heterocycles. The number of nitrogens with zero attached hydrogens (tertiary/aromatic N) is 2. The molecule has 3 rings (SSSR count). The van der Waals surface area contributed by atoms with Gasteiger partial charge in [-0.3, -0.25) is 24.6 Å². The molecule has 1 heterocycles. The van der Waals surface area contributed by atoms with Gasteiger partial charge in [-0.25, -0.2) is 0 Å². The topological polar surface area (TPSA) is 99.0 Å². The van der Waals surface area contributed by atoms with E-state index in [0.717, 1.165) is 16.7 Å². The number of carbonyl (C=O) groups is 2. The number of hydrogen-bond donors (Lipinski definition) is 0. The van der Waals surface area contributed by atoms with Gasteiger partial charge in [0.05, 0.1) is 30.6 Å². The van der Waals surface area contributed by atoms with Gasteiger partial charge >= 0.3 is 0 Å². The minimum atomic E-state index is -0.521. The summed E-state index contributed by atoms with van der Waals surface area (Å²) in [7, 11) is 3.04. The summed E-state index contributed by atoms with van der Waals surface area (Å²) < 4.78 is 10.5. The van der Waals surface area contributed by atoms with Gasteiger partial charge in [0.2, 0.25) is 0 Å². The highest BCUT2D eigenvalue weighted by Gasteiger charge is 2.35. The van der Waals surface area contributed by atoms with Gasteiger partial charge in [0.15, 0.2) is 0 Å². The van der Waals surface area contributed by atoms with Crippen LogP contribution < -0.4 is 9.47 Å². The second-order valence-electron chi connectivity index (χ2n) is 5.80. The molecule has 1 aliphatic rings. The van der Waals surface area contributed by atoms with Crippen molar-refractivity contribution < 1.29 is 24.0 Å². The molecule has 2 aromatic carbocycles. The Morgan fingerprint density at radius 3 is 2.61 bits per heavy atom. The van der Waals surface area contributed by atoms with E-state index in [1.54, 1.807) is 30.3 Å². The van der Waals surface area contributed by atoms with Gasteiger partial charge in [-0.05, 0) is 35.5 Å². The van der Waals surface area contributed by atoms with Gasteiger partial charge in [0, 0.05) is 23.8 Å². The number of amides is 2. The lowest BCUT2D eigenvalue weighted by Gasteiger charge is -2.12. The molecule has 9 heteroatoms. The third-order valence-electron chi connectivity index (χ3n) is 4.06.